The lowest BCUT2D eigenvalue weighted by Gasteiger charge is -2.15. The minimum atomic E-state index is -0.0485. The van der Waals surface area contributed by atoms with Crippen LogP contribution in [0.3, 0.4) is 0 Å². The number of nitrogens with zero attached hydrogens (tertiary/aromatic N) is 2. The summed E-state index contributed by atoms with van der Waals surface area (Å²) in [5, 5.41) is 6.20. The summed E-state index contributed by atoms with van der Waals surface area (Å²) >= 11 is 0. The lowest BCUT2D eigenvalue weighted by atomic mass is 10.2. The van der Waals surface area contributed by atoms with Gasteiger partial charge in [-0.2, -0.15) is 0 Å². The zero-order valence-corrected chi connectivity index (χ0v) is 12.4. The van der Waals surface area contributed by atoms with Crippen molar-refractivity contribution in [2.45, 2.75) is 26.7 Å². The van der Waals surface area contributed by atoms with E-state index < -0.39 is 0 Å². The largest absolute Gasteiger partial charge is 0.385 e. The highest BCUT2D eigenvalue weighted by Gasteiger charge is 2.14. The van der Waals surface area contributed by atoms with E-state index in [-0.39, 0.29) is 5.91 Å². The molecule has 0 aromatic carbocycles. The number of likely N-dealkylation sites (tertiary alicyclic amines) is 1. The standard InChI is InChI=1S/C15H24N4O/c1-3-16-14-10-12(2)18-11-13(14)15(20)17-6-9-19-7-4-5-8-19/h10-11H,3-9H2,1-2H3,(H,16,18)(H,17,20). The van der Waals surface area contributed by atoms with Gasteiger partial charge in [0.2, 0.25) is 0 Å². The third kappa shape index (κ3) is 3.93. The number of hydrogen-bond acceptors (Lipinski definition) is 4. The summed E-state index contributed by atoms with van der Waals surface area (Å²) in [4.78, 5) is 18.8. The van der Waals surface area contributed by atoms with Crippen LogP contribution in [0.1, 0.15) is 35.8 Å². The molecule has 2 heterocycles. The van der Waals surface area contributed by atoms with Crippen LogP contribution in [0.25, 0.3) is 0 Å². The van der Waals surface area contributed by atoms with Gasteiger partial charge in [0, 0.05) is 31.5 Å². The number of aryl methyl sites for hydroxylation is 1. The van der Waals surface area contributed by atoms with Gasteiger partial charge in [-0.05, 0) is 45.8 Å². The summed E-state index contributed by atoms with van der Waals surface area (Å²) in [6.07, 6.45) is 4.21. The van der Waals surface area contributed by atoms with Crippen molar-refractivity contribution in [1.82, 2.24) is 15.2 Å². The van der Waals surface area contributed by atoms with E-state index in [1.54, 1.807) is 6.20 Å². The van der Waals surface area contributed by atoms with Crippen LogP contribution < -0.4 is 10.6 Å². The molecule has 0 radical (unpaired) electrons. The van der Waals surface area contributed by atoms with E-state index in [1.807, 2.05) is 19.9 Å². The van der Waals surface area contributed by atoms with Crippen molar-refractivity contribution in [3.05, 3.63) is 23.5 Å². The smallest absolute Gasteiger partial charge is 0.254 e. The molecule has 0 spiro atoms. The Morgan fingerprint density at radius 2 is 2.15 bits per heavy atom. The Morgan fingerprint density at radius 1 is 1.40 bits per heavy atom. The number of carbonyl (C=O) groups excluding carboxylic acids is 1. The Bertz CT molecular complexity index is 455. The molecule has 5 heteroatoms. The van der Waals surface area contributed by atoms with Crippen LogP contribution in [0.2, 0.25) is 0 Å². The van der Waals surface area contributed by atoms with E-state index in [0.717, 1.165) is 37.6 Å². The number of rotatable bonds is 6. The molecule has 1 aromatic rings. The second-order valence-electron chi connectivity index (χ2n) is 5.21. The first-order valence-electron chi connectivity index (χ1n) is 7.41. The van der Waals surface area contributed by atoms with Crippen LogP contribution in [-0.2, 0) is 0 Å². The highest BCUT2D eigenvalue weighted by molar-refractivity contribution is 5.99. The van der Waals surface area contributed by atoms with Gasteiger partial charge in [0.05, 0.1) is 11.3 Å². The molecule has 1 fully saturated rings. The van der Waals surface area contributed by atoms with Gasteiger partial charge in [-0.15, -0.1) is 0 Å². The highest BCUT2D eigenvalue weighted by Crippen LogP contribution is 2.15. The zero-order valence-electron chi connectivity index (χ0n) is 12.4. The van der Waals surface area contributed by atoms with Crippen molar-refractivity contribution in [2.75, 3.05) is 38.0 Å². The third-order valence-corrected chi connectivity index (χ3v) is 3.56. The lowest BCUT2D eigenvalue weighted by molar-refractivity contribution is 0.0950. The third-order valence-electron chi connectivity index (χ3n) is 3.56. The van der Waals surface area contributed by atoms with Gasteiger partial charge in [-0.3, -0.25) is 9.78 Å². The Labute approximate surface area is 120 Å². The van der Waals surface area contributed by atoms with Crippen LogP contribution in [0.5, 0.6) is 0 Å². The van der Waals surface area contributed by atoms with Gasteiger partial charge in [-0.1, -0.05) is 0 Å². The fourth-order valence-corrected chi connectivity index (χ4v) is 2.51. The minimum Gasteiger partial charge on any atom is -0.385 e. The van der Waals surface area contributed by atoms with E-state index >= 15 is 0 Å². The highest BCUT2D eigenvalue weighted by atomic mass is 16.1. The summed E-state index contributed by atoms with van der Waals surface area (Å²) in [6.45, 7) is 8.67. The molecule has 0 saturated carbocycles. The number of nitrogens with one attached hydrogen (secondary N) is 2. The van der Waals surface area contributed by atoms with E-state index in [4.69, 9.17) is 0 Å². The molecule has 0 aliphatic carbocycles. The van der Waals surface area contributed by atoms with Crippen molar-refractivity contribution < 1.29 is 4.79 Å². The second-order valence-corrected chi connectivity index (χ2v) is 5.21. The summed E-state index contributed by atoms with van der Waals surface area (Å²) in [5.41, 5.74) is 2.40. The molecule has 2 N–H and O–H groups in total. The molecule has 2 rings (SSSR count). The van der Waals surface area contributed by atoms with E-state index in [2.05, 4.69) is 20.5 Å². The number of amides is 1. The molecule has 0 bridgehead atoms. The molecular weight excluding hydrogens is 252 g/mol. The van der Waals surface area contributed by atoms with E-state index in [9.17, 15) is 4.79 Å². The van der Waals surface area contributed by atoms with Crippen LogP contribution in [0, 0.1) is 6.92 Å². The van der Waals surface area contributed by atoms with Crippen molar-refractivity contribution in [2.24, 2.45) is 0 Å². The number of anilines is 1. The first-order chi connectivity index (χ1) is 9.70. The second kappa shape index (κ2) is 7.24. The van der Waals surface area contributed by atoms with Crippen LogP contribution in [0.15, 0.2) is 12.3 Å². The average molecular weight is 276 g/mol. The SMILES string of the molecule is CCNc1cc(C)ncc1C(=O)NCCN1CCCC1. The molecule has 1 saturated heterocycles. The molecule has 5 nitrogen and oxygen atoms in total. The fourth-order valence-electron chi connectivity index (χ4n) is 2.51. The maximum atomic E-state index is 12.2. The Hall–Kier alpha value is -1.62. The number of hydrogen-bond donors (Lipinski definition) is 2. The molecular formula is C15H24N4O. The number of pyridine rings is 1. The van der Waals surface area contributed by atoms with E-state index in [0.29, 0.717) is 12.1 Å². The van der Waals surface area contributed by atoms with Crippen molar-refractivity contribution >= 4 is 11.6 Å². The van der Waals surface area contributed by atoms with Gasteiger partial charge >= 0.3 is 0 Å². The predicted molar refractivity (Wildman–Crippen MR) is 81.1 cm³/mol. The Kier molecular flexibility index (Phi) is 5.35. The maximum Gasteiger partial charge on any atom is 0.254 e. The molecule has 1 aromatic heterocycles. The van der Waals surface area contributed by atoms with Gasteiger partial charge in [0.1, 0.15) is 0 Å². The van der Waals surface area contributed by atoms with Crippen LogP contribution in [-0.4, -0.2) is 48.5 Å². The first kappa shape index (κ1) is 14.8. The summed E-state index contributed by atoms with van der Waals surface area (Å²) in [7, 11) is 0. The summed E-state index contributed by atoms with van der Waals surface area (Å²) < 4.78 is 0. The van der Waals surface area contributed by atoms with Gasteiger partial charge in [0.15, 0.2) is 0 Å². The van der Waals surface area contributed by atoms with Gasteiger partial charge in [-0.25, -0.2) is 0 Å². The molecule has 110 valence electrons. The fraction of sp³-hybridized carbons (Fsp3) is 0.600. The van der Waals surface area contributed by atoms with Crippen LogP contribution >= 0.6 is 0 Å². The number of carbonyl (C=O) groups is 1. The van der Waals surface area contributed by atoms with Crippen LogP contribution in [0.4, 0.5) is 5.69 Å². The van der Waals surface area contributed by atoms with E-state index in [1.165, 1.54) is 12.8 Å². The summed E-state index contributed by atoms with van der Waals surface area (Å²) in [5.74, 6) is -0.0485. The first-order valence-corrected chi connectivity index (χ1v) is 7.41. The molecule has 0 unspecified atom stereocenters. The number of aromatic nitrogens is 1. The Balaban J connectivity index is 1.90. The zero-order chi connectivity index (χ0) is 14.4. The maximum absolute atomic E-state index is 12.2. The molecule has 1 aliphatic rings. The normalized spacial score (nSPS) is 15.3. The predicted octanol–water partition coefficient (Wildman–Crippen LogP) is 1.65. The average Bonchev–Trinajstić information content (AvgIpc) is 2.92. The van der Waals surface area contributed by atoms with Crippen molar-refractivity contribution in [3.8, 4) is 0 Å². The minimum absolute atomic E-state index is 0.0485. The van der Waals surface area contributed by atoms with Crippen molar-refractivity contribution in [1.29, 1.82) is 0 Å². The van der Waals surface area contributed by atoms with Gasteiger partial charge < -0.3 is 15.5 Å². The molecule has 0 atom stereocenters. The Morgan fingerprint density at radius 3 is 2.85 bits per heavy atom. The van der Waals surface area contributed by atoms with Gasteiger partial charge in [0.25, 0.3) is 5.91 Å². The summed E-state index contributed by atoms with van der Waals surface area (Å²) in [6, 6.07) is 1.92. The lowest BCUT2D eigenvalue weighted by Crippen LogP contribution is -2.33. The molecule has 20 heavy (non-hydrogen) atoms. The molecule has 1 amide bonds. The molecule has 1 aliphatic heterocycles. The topological polar surface area (TPSA) is 57.3 Å². The quantitative estimate of drug-likeness (QED) is 0.829. The monoisotopic (exact) mass is 276 g/mol. The van der Waals surface area contributed by atoms with Crippen molar-refractivity contribution in [3.63, 3.8) is 0 Å².